The molecule has 0 fully saturated rings. The molecule has 62 valence electrons. The SMILES string of the molecule is Cc1cc2cc(Br)c(=O)[nH]c2[nH]1. The average molecular weight is 227 g/mol. The largest absolute Gasteiger partial charge is 0.345 e. The maximum Gasteiger partial charge on any atom is 0.263 e. The highest BCUT2D eigenvalue weighted by Crippen LogP contribution is 2.14. The first-order valence-corrected chi connectivity index (χ1v) is 4.34. The molecule has 0 atom stereocenters. The molecule has 2 aromatic heterocycles. The molecule has 3 nitrogen and oxygen atoms in total. The van der Waals surface area contributed by atoms with Crippen LogP contribution in [0.3, 0.4) is 0 Å². The second-order valence-corrected chi connectivity index (χ2v) is 3.58. The van der Waals surface area contributed by atoms with Gasteiger partial charge in [0.25, 0.3) is 5.56 Å². The number of hydrogen-bond acceptors (Lipinski definition) is 1. The van der Waals surface area contributed by atoms with Crippen LogP contribution < -0.4 is 5.56 Å². The maximum absolute atomic E-state index is 11.1. The van der Waals surface area contributed by atoms with Crippen molar-refractivity contribution in [2.24, 2.45) is 0 Å². The average Bonchev–Trinajstić information content (AvgIpc) is 2.30. The predicted octanol–water partition coefficient (Wildman–Crippen LogP) is 1.93. The molecule has 2 N–H and O–H groups in total. The summed E-state index contributed by atoms with van der Waals surface area (Å²) in [5.41, 5.74) is 1.71. The number of aromatic nitrogens is 2. The number of rotatable bonds is 0. The molecule has 12 heavy (non-hydrogen) atoms. The summed E-state index contributed by atoms with van der Waals surface area (Å²) < 4.78 is 0.564. The van der Waals surface area contributed by atoms with Crippen molar-refractivity contribution in [1.82, 2.24) is 9.97 Å². The Hall–Kier alpha value is -1.03. The quantitative estimate of drug-likeness (QED) is 0.709. The summed E-state index contributed by atoms with van der Waals surface area (Å²) in [6, 6.07) is 3.79. The second kappa shape index (κ2) is 2.48. The highest BCUT2D eigenvalue weighted by Gasteiger charge is 2.00. The van der Waals surface area contributed by atoms with E-state index in [4.69, 9.17) is 0 Å². The molecule has 0 aliphatic rings. The van der Waals surface area contributed by atoms with E-state index in [2.05, 4.69) is 25.9 Å². The summed E-state index contributed by atoms with van der Waals surface area (Å²) in [6.07, 6.45) is 0. The zero-order valence-electron chi connectivity index (χ0n) is 6.44. The Labute approximate surface area is 76.9 Å². The van der Waals surface area contributed by atoms with Crippen LogP contribution in [0.4, 0.5) is 0 Å². The third-order valence-corrected chi connectivity index (χ3v) is 2.31. The van der Waals surface area contributed by atoms with Crippen LogP contribution in [0.1, 0.15) is 5.69 Å². The fourth-order valence-electron chi connectivity index (χ4n) is 1.20. The highest BCUT2D eigenvalue weighted by molar-refractivity contribution is 9.10. The van der Waals surface area contributed by atoms with Crippen molar-refractivity contribution in [3.8, 4) is 0 Å². The van der Waals surface area contributed by atoms with E-state index in [0.717, 1.165) is 16.7 Å². The smallest absolute Gasteiger partial charge is 0.263 e. The molecule has 0 amide bonds. The van der Waals surface area contributed by atoms with Crippen LogP contribution in [0, 0.1) is 6.92 Å². The van der Waals surface area contributed by atoms with Gasteiger partial charge in [0.05, 0.1) is 4.47 Å². The van der Waals surface area contributed by atoms with Crippen molar-refractivity contribution in [3.05, 3.63) is 32.7 Å². The fourth-order valence-corrected chi connectivity index (χ4v) is 1.55. The Kier molecular flexibility index (Phi) is 1.58. The number of aryl methyl sites for hydroxylation is 1. The van der Waals surface area contributed by atoms with Crippen molar-refractivity contribution in [3.63, 3.8) is 0 Å². The van der Waals surface area contributed by atoms with Crippen molar-refractivity contribution >= 4 is 27.0 Å². The van der Waals surface area contributed by atoms with Crippen LogP contribution in [0.15, 0.2) is 21.4 Å². The Bertz CT molecular complexity index is 483. The molecular weight excluding hydrogens is 220 g/mol. The van der Waals surface area contributed by atoms with Gasteiger partial charge in [0.15, 0.2) is 0 Å². The minimum absolute atomic E-state index is 0.107. The molecule has 0 unspecified atom stereocenters. The van der Waals surface area contributed by atoms with E-state index >= 15 is 0 Å². The van der Waals surface area contributed by atoms with Gasteiger partial charge < -0.3 is 9.97 Å². The molecule has 0 saturated carbocycles. The first-order valence-electron chi connectivity index (χ1n) is 3.55. The molecule has 2 rings (SSSR count). The van der Waals surface area contributed by atoms with Gasteiger partial charge in [-0.1, -0.05) is 0 Å². The molecule has 0 radical (unpaired) electrons. The molecule has 0 bridgehead atoms. The number of fused-ring (bicyclic) bond motifs is 1. The van der Waals surface area contributed by atoms with Crippen LogP contribution in [0.25, 0.3) is 11.0 Å². The number of aromatic amines is 2. The van der Waals surface area contributed by atoms with Gasteiger partial charge in [0.1, 0.15) is 5.65 Å². The summed E-state index contributed by atoms with van der Waals surface area (Å²) >= 11 is 3.17. The van der Waals surface area contributed by atoms with Crippen molar-refractivity contribution < 1.29 is 0 Å². The van der Waals surface area contributed by atoms with Gasteiger partial charge in [-0.25, -0.2) is 0 Å². The Morgan fingerprint density at radius 1 is 1.33 bits per heavy atom. The molecule has 4 heteroatoms. The first-order chi connectivity index (χ1) is 5.66. The molecule has 2 heterocycles. The number of halogens is 1. The third-order valence-electron chi connectivity index (χ3n) is 1.72. The zero-order chi connectivity index (χ0) is 8.72. The van der Waals surface area contributed by atoms with Gasteiger partial charge in [-0.15, -0.1) is 0 Å². The van der Waals surface area contributed by atoms with Crippen LogP contribution in [0.2, 0.25) is 0 Å². The van der Waals surface area contributed by atoms with Gasteiger partial charge >= 0.3 is 0 Å². The van der Waals surface area contributed by atoms with E-state index in [9.17, 15) is 4.79 Å². The van der Waals surface area contributed by atoms with Crippen LogP contribution >= 0.6 is 15.9 Å². The Morgan fingerprint density at radius 3 is 2.83 bits per heavy atom. The van der Waals surface area contributed by atoms with Crippen LogP contribution in [0.5, 0.6) is 0 Å². The fraction of sp³-hybridized carbons (Fsp3) is 0.125. The molecule has 2 aromatic rings. The first kappa shape index (κ1) is 7.61. The van der Waals surface area contributed by atoms with E-state index in [-0.39, 0.29) is 5.56 Å². The lowest BCUT2D eigenvalue weighted by Crippen LogP contribution is -2.05. The summed E-state index contributed by atoms with van der Waals surface area (Å²) in [6.45, 7) is 1.95. The lowest BCUT2D eigenvalue weighted by atomic mass is 10.3. The van der Waals surface area contributed by atoms with E-state index in [0.29, 0.717) is 4.47 Å². The third kappa shape index (κ3) is 1.08. The monoisotopic (exact) mass is 226 g/mol. The zero-order valence-corrected chi connectivity index (χ0v) is 8.03. The van der Waals surface area contributed by atoms with Gasteiger partial charge in [-0.2, -0.15) is 0 Å². The summed E-state index contributed by atoms with van der Waals surface area (Å²) in [4.78, 5) is 16.9. The highest BCUT2D eigenvalue weighted by atomic mass is 79.9. The van der Waals surface area contributed by atoms with E-state index in [1.54, 1.807) is 6.07 Å². The second-order valence-electron chi connectivity index (χ2n) is 2.73. The minimum Gasteiger partial charge on any atom is -0.345 e. The lowest BCUT2D eigenvalue weighted by Gasteiger charge is -1.89. The lowest BCUT2D eigenvalue weighted by molar-refractivity contribution is 1.21. The maximum atomic E-state index is 11.1. The predicted molar refractivity (Wildman–Crippen MR) is 51.4 cm³/mol. The van der Waals surface area contributed by atoms with Crippen LogP contribution in [-0.4, -0.2) is 9.97 Å². The summed E-state index contributed by atoms with van der Waals surface area (Å²) in [5, 5.41) is 1.01. The van der Waals surface area contributed by atoms with Gasteiger partial charge in [0.2, 0.25) is 0 Å². The molecule has 0 aromatic carbocycles. The number of hydrogen-bond donors (Lipinski definition) is 2. The normalized spacial score (nSPS) is 10.8. The van der Waals surface area contributed by atoms with Crippen molar-refractivity contribution in [1.29, 1.82) is 0 Å². The van der Waals surface area contributed by atoms with Gasteiger partial charge in [-0.05, 0) is 35.0 Å². The number of H-pyrrole nitrogens is 2. The Morgan fingerprint density at radius 2 is 2.08 bits per heavy atom. The topological polar surface area (TPSA) is 48.6 Å². The van der Waals surface area contributed by atoms with Crippen LogP contribution in [-0.2, 0) is 0 Å². The van der Waals surface area contributed by atoms with E-state index in [1.807, 2.05) is 13.0 Å². The molecule has 0 aliphatic carbocycles. The molecular formula is C8H7BrN2O. The minimum atomic E-state index is -0.107. The Balaban J connectivity index is 2.92. The van der Waals surface area contributed by atoms with E-state index < -0.39 is 0 Å². The molecule has 0 aliphatic heterocycles. The van der Waals surface area contributed by atoms with Crippen molar-refractivity contribution in [2.75, 3.05) is 0 Å². The number of nitrogens with one attached hydrogen (secondary N) is 2. The van der Waals surface area contributed by atoms with Crippen molar-refractivity contribution in [2.45, 2.75) is 6.92 Å². The van der Waals surface area contributed by atoms with E-state index in [1.165, 1.54) is 0 Å². The number of pyridine rings is 1. The van der Waals surface area contributed by atoms with Gasteiger partial charge in [-0.3, -0.25) is 4.79 Å². The standard InChI is InChI=1S/C8H7BrN2O/c1-4-2-5-3-6(9)8(12)11-7(5)10-4/h2-3H,1H3,(H2,10,11,12). The summed E-state index contributed by atoms with van der Waals surface area (Å²) in [5.74, 6) is 0. The molecule has 0 saturated heterocycles. The van der Waals surface area contributed by atoms with Gasteiger partial charge in [0, 0.05) is 11.1 Å². The molecule has 0 spiro atoms. The summed E-state index contributed by atoms with van der Waals surface area (Å²) in [7, 11) is 0.